The van der Waals surface area contributed by atoms with Gasteiger partial charge in [-0.1, -0.05) is 27.2 Å². The molecule has 3 N–H and O–H groups in total. The number of unbranched alkanes of at least 4 members (excludes halogenated alkanes) is 1. The number of ether oxygens (including phenoxy) is 1. The molecule has 0 atom stereocenters. The van der Waals surface area contributed by atoms with Crippen molar-refractivity contribution >= 4 is 12.2 Å². The van der Waals surface area contributed by atoms with Crippen molar-refractivity contribution in [1.29, 1.82) is 0 Å². The van der Waals surface area contributed by atoms with Crippen molar-refractivity contribution in [2.45, 2.75) is 46.5 Å². The van der Waals surface area contributed by atoms with Gasteiger partial charge in [-0.2, -0.15) is 0 Å². The fraction of sp³-hybridized carbons (Fsp3) is 0.846. The monoisotopic (exact) mass is 274 g/mol. The second kappa shape index (κ2) is 9.47. The van der Waals surface area contributed by atoms with Crippen molar-refractivity contribution in [3.8, 4) is 0 Å². The van der Waals surface area contributed by atoms with E-state index in [9.17, 15) is 9.59 Å². The molecule has 6 heteroatoms. The topological polar surface area (TPSA) is 87.7 Å². The van der Waals surface area contributed by atoms with Crippen LogP contribution in [0.5, 0.6) is 0 Å². The number of hydrogen-bond acceptors (Lipinski definition) is 3. The zero-order valence-corrected chi connectivity index (χ0v) is 12.1. The van der Waals surface area contributed by atoms with Crippen LogP contribution < -0.4 is 10.6 Å². The summed E-state index contributed by atoms with van der Waals surface area (Å²) < 4.78 is 4.99. The van der Waals surface area contributed by atoms with Crippen molar-refractivity contribution in [2.75, 3.05) is 19.7 Å². The van der Waals surface area contributed by atoms with Crippen LogP contribution >= 0.6 is 0 Å². The summed E-state index contributed by atoms with van der Waals surface area (Å²) in [7, 11) is 0. The van der Waals surface area contributed by atoms with E-state index in [0.29, 0.717) is 19.7 Å². The molecule has 0 saturated heterocycles. The van der Waals surface area contributed by atoms with E-state index in [1.54, 1.807) is 0 Å². The van der Waals surface area contributed by atoms with Gasteiger partial charge in [-0.15, -0.1) is 0 Å². The lowest BCUT2D eigenvalue weighted by Gasteiger charge is -2.24. The second-order valence-corrected chi connectivity index (χ2v) is 5.34. The molecule has 19 heavy (non-hydrogen) atoms. The van der Waals surface area contributed by atoms with Gasteiger partial charge in [-0.05, 0) is 24.7 Å². The highest BCUT2D eigenvalue weighted by Gasteiger charge is 2.18. The van der Waals surface area contributed by atoms with Gasteiger partial charge in [0.05, 0.1) is 6.61 Å². The van der Waals surface area contributed by atoms with Gasteiger partial charge < -0.3 is 20.5 Å². The standard InChI is InChI=1S/C13H26N2O4/c1-4-5-9-19-12(18)15-10-13(2,3)7-6-8-14-11(16)17/h14H,4-10H2,1-3H3,(H,15,18)(H,16,17). The van der Waals surface area contributed by atoms with Gasteiger partial charge in [0, 0.05) is 13.1 Å². The Labute approximate surface area is 114 Å². The zero-order chi connectivity index (χ0) is 14.7. The molecular weight excluding hydrogens is 248 g/mol. The molecule has 0 aliphatic carbocycles. The van der Waals surface area contributed by atoms with Crippen LogP contribution in [-0.4, -0.2) is 37.0 Å². The van der Waals surface area contributed by atoms with Gasteiger partial charge in [0.25, 0.3) is 0 Å². The number of amides is 2. The Morgan fingerprint density at radius 1 is 1.21 bits per heavy atom. The molecule has 2 amide bonds. The van der Waals surface area contributed by atoms with Crippen molar-refractivity contribution in [3.05, 3.63) is 0 Å². The zero-order valence-electron chi connectivity index (χ0n) is 12.1. The van der Waals surface area contributed by atoms with Crippen LogP contribution in [0.1, 0.15) is 46.5 Å². The van der Waals surface area contributed by atoms with Gasteiger partial charge in [-0.3, -0.25) is 0 Å². The summed E-state index contributed by atoms with van der Waals surface area (Å²) >= 11 is 0. The quantitative estimate of drug-likeness (QED) is 0.564. The summed E-state index contributed by atoms with van der Waals surface area (Å²) in [4.78, 5) is 21.6. The summed E-state index contributed by atoms with van der Waals surface area (Å²) in [5, 5.41) is 13.5. The molecule has 0 spiro atoms. The first-order valence-corrected chi connectivity index (χ1v) is 6.75. The first-order chi connectivity index (χ1) is 8.87. The molecular formula is C13H26N2O4. The molecule has 0 bridgehead atoms. The lowest BCUT2D eigenvalue weighted by Crippen LogP contribution is -2.35. The largest absolute Gasteiger partial charge is 0.465 e. The van der Waals surface area contributed by atoms with E-state index in [1.165, 1.54) is 0 Å². The SMILES string of the molecule is CCCCOC(=O)NCC(C)(C)CCCNC(=O)O. The fourth-order valence-corrected chi connectivity index (χ4v) is 1.52. The predicted octanol–water partition coefficient (Wildman–Crippen LogP) is 2.59. The van der Waals surface area contributed by atoms with Crippen LogP contribution in [-0.2, 0) is 4.74 Å². The fourth-order valence-electron chi connectivity index (χ4n) is 1.52. The molecule has 0 rings (SSSR count). The number of rotatable bonds is 9. The first kappa shape index (κ1) is 17.5. The maximum absolute atomic E-state index is 11.4. The summed E-state index contributed by atoms with van der Waals surface area (Å²) in [6, 6.07) is 0. The van der Waals surface area contributed by atoms with E-state index in [4.69, 9.17) is 9.84 Å². The summed E-state index contributed by atoms with van der Waals surface area (Å²) in [6.45, 7) is 7.49. The first-order valence-electron chi connectivity index (χ1n) is 6.75. The van der Waals surface area contributed by atoms with Gasteiger partial charge in [0.1, 0.15) is 0 Å². The Kier molecular flexibility index (Phi) is 8.74. The Bertz CT molecular complexity index is 280. The Morgan fingerprint density at radius 3 is 2.47 bits per heavy atom. The van der Waals surface area contributed by atoms with Crippen LogP contribution in [0.25, 0.3) is 0 Å². The number of alkyl carbamates (subject to hydrolysis) is 1. The molecule has 0 aliphatic rings. The highest BCUT2D eigenvalue weighted by molar-refractivity contribution is 5.67. The summed E-state index contributed by atoms with van der Waals surface area (Å²) in [6.07, 6.45) is 2.04. The van der Waals surface area contributed by atoms with E-state index in [1.807, 2.05) is 20.8 Å². The van der Waals surface area contributed by atoms with Gasteiger partial charge in [0.2, 0.25) is 0 Å². The molecule has 0 aromatic carbocycles. The minimum absolute atomic E-state index is 0.0794. The maximum atomic E-state index is 11.4. The molecule has 0 radical (unpaired) electrons. The third-order valence-corrected chi connectivity index (χ3v) is 2.75. The molecule has 0 fully saturated rings. The summed E-state index contributed by atoms with van der Waals surface area (Å²) in [5.74, 6) is 0. The molecule has 112 valence electrons. The molecule has 0 aliphatic heterocycles. The highest BCUT2D eigenvalue weighted by Crippen LogP contribution is 2.20. The lowest BCUT2D eigenvalue weighted by atomic mass is 9.88. The minimum Gasteiger partial charge on any atom is -0.465 e. The Hall–Kier alpha value is -1.46. The van der Waals surface area contributed by atoms with Crippen LogP contribution in [0, 0.1) is 5.41 Å². The van der Waals surface area contributed by atoms with Crippen LogP contribution in [0.4, 0.5) is 9.59 Å². The van der Waals surface area contributed by atoms with Gasteiger partial charge in [0.15, 0.2) is 0 Å². The smallest absolute Gasteiger partial charge is 0.407 e. The Balaban J connectivity index is 3.70. The number of carbonyl (C=O) groups is 2. The van der Waals surface area contributed by atoms with E-state index in [2.05, 4.69) is 10.6 Å². The molecule has 0 saturated carbocycles. The van der Waals surface area contributed by atoms with Crippen LogP contribution in [0.3, 0.4) is 0 Å². The minimum atomic E-state index is -1.00. The van der Waals surface area contributed by atoms with Crippen molar-refractivity contribution in [1.82, 2.24) is 10.6 Å². The third kappa shape index (κ3) is 11.4. The van der Waals surface area contributed by atoms with Crippen LogP contribution in [0.15, 0.2) is 0 Å². The summed E-state index contributed by atoms with van der Waals surface area (Å²) in [5.41, 5.74) is -0.0794. The third-order valence-electron chi connectivity index (χ3n) is 2.75. The highest BCUT2D eigenvalue weighted by atomic mass is 16.5. The molecule has 0 heterocycles. The maximum Gasteiger partial charge on any atom is 0.407 e. The Morgan fingerprint density at radius 2 is 1.89 bits per heavy atom. The van der Waals surface area contributed by atoms with E-state index in [0.717, 1.165) is 25.7 Å². The molecule has 0 aromatic rings. The average molecular weight is 274 g/mol. The predicted molar refractivity (Wildman–Crippen MR) is 73.3 cm³/mol. The van der Waals surface area contributed by atoms with E-state index in [-0.39, 0.29) is 11.5 Å². The van der Waals surface area contributed by atoms with Crippen molar-refractivity contribution < 1.29 is 19.4 Å². The van der Waals surface area contributed by atoms with E-state index >= 15 is 0 Å². The van der Waals surface area contributed by atoms with Gasteiger partial charge >= 0.3 is 12.2 Å². The number of carboxylic acid groups (broad SMARTS) is 1. The lowest BCUT2D eigenvalue weighted by molar-refractivity contribution is 0.139. The second-order valence-electron chi connectivity index (χ2n) is 5.34. The normalized spacial score (nSPS) is 10.9. The van der Waals surface area contributed by atoms with Crippen molar-refractivity contribution in [3.63, 3.8) is 0 Å². The average Bonchev–Trinajstić information content (AvgIpc) is 2.33. The molecule has 0 unspecified atom stereocenters. The van der Waals surface area contributed by atoms with E-state index < -0.39 is 6.09 Å². The number of nitrogens with one attached hydrogen (secondary N) is 2. The van der Waals surface area contributed by atoms with Crippen molar-refractivity contribution in [2.24, 2.45) is 5.41 Å². The molecule has 6 nitrogen and oxygen atoms in total. The number of hydrogen-bond donors (Lipinski definition) is 3. The van der Waals surface area contributed by atoms with Crippen LogP contribution in [0.2, 0.25) is 0 Å². The number of carbonyl (C=O) groups excluding carboxylic acids is 1. The molecule has 0 aromatic heterocycles. The van der Waals surface area contributed by atoms with Gasteiger partial charge in [-0.25, -0.2) is 9.59 Å².